The maximum atomic E-state index is 12.4. The van der Waals surface area contributed by atoms with Crippen molar-refractivity contribution in [1.29, 1.82) is 5.26 Å². The molecule has 0 fully saturated rings. The molecule has 0 aromatic heterocycles. The standard InChI is InChI=1S/C22H19Cl2N3O3S/c1-12-3-5-14(23)8-18(12)26-21(29)11-31-22-16(10-25)15(9-20(28)27-22)13-4-6-19(30-2)17(24)7-13/h3-8,15H,9,11H2,1-2H3,(H,26,29)(H,27,28)/t15-/m1/s1. The van der Waals surface area contributed by atoms with Gasteiger partial charge in [0.15, 0.2) is 0 Å². The lowest BCUT2D eigenvalue weighted by Gasteiger charge is -2.25. The number of anilines is 1. The number of halogens is 2. The second kappa shape index (κ2) is 10.1. The molecule has 0 unspecified atom stereocenters. The Labute approximate surface area is 194 Å². The minimum absolute atomic E-state index is 0.0167. The lowest BCUT2D eigenvalue weighted by atomic mass is 9.87. The number of nitrogens with one attached hydrogen (secondary N) is 2. The van der Waals surface area contributed by atoms with Gasteiger partial charge in [-0.25, -0.2) is 0 Å². The van der Waals surface area contributed by atoms with Gasteiger partial charge in [0.2, 0.25) is 11.8 Å². The molecule has 6 nitrogen and oxygen atoms in total. The number of carbonyl (C=O) groups excluding carboxylic acids is 2. The molecule has 31 heavy (non-hydrogen) atoms. The van der Waals surface area contributed by atoms with Crippen LogP contribution in [0.5, 0.6) is 5.75 Å². The molecule has 0 saturated heterocycles. The van der Waals surface area contributed by atoms with Gasteiger partial charge in [0.1, 0.15) is 5.75 Å². The van der Waals surface area contributed by atoms with E-state index in [0.717, 1.165) is 22.9 Å². The van der Waals surface area contributed by atoms with E-state index in [1.54, 1.807) is 30.3 Å². The molecule has 1 aliphatic rings. The van der Waals surface area contributed by atoms with Gasteiger partial charge >= 0.3 is 0 Å². The zero-order valence-electron chi connectivity index (χ0n) is 16.8. The lowest BCUT2D eigenvalue weighted by molar-refractivity contribution is -0.121. The Kier molecular flexibility index (Phi) is 7.50. The Morgan fingerprint density at radius 2 is 2.10 bits per heavy atom. The molecule has 0 saturated carbocycles. The van der Waals surface area contributed by atoms with E-state index < -0.39 is 5.92 Å². The smallest absolute Gasteiger partial charge is 0.234 e. The van der Waals surface area contributed by atoms with E-state index in [1.165, 1.54) is 7.11 Å². The number of hydrogen-bond donors (Lipinski definition) is 2. The maximum absolute atomic E-state index is 12.4. The minimum atomic E-state index is -0.456. The Bertz CT molecular complexity index is 1110. The van der Waals surface area contributed by atoms with Crippen molar-refractivity contribution < 1.29 is 14.3 Å². The summed E-state index contributed by atoms with van der Waals surface area (Å²) in [6.07, 6.45) is 0.115. The van der Waals surface area contributed by atoms with Crippen LogP contribution in [-0.2, 0) is 9.59 Å². The highest BCUT2D eigenvalue weighted by molar-refractivity contribution is 8.03. The highest BCUT2D eigenvalue weighted by Crippen LogP contribution is 2.38. The Hall–Kier alpha value is -2.66. The first-order valence-corrected chi connectivity index (χ1v) is 11.0. The fraction of sp³-hybridized carbons (Fsp3) is 0.227. The quantitative estimate of drug-likeness (QED) is 0.611. The van der Waals surface area contributed by atoms with Crippen LogP contribution in [0.2, 0.25) is 10.0 Å². The summed E-state index contributed by atoms with van der Waals surface area (Å²) in [6.45, 7) is 1.86. The second-order valence-electron chi connectivity index (χ2n) is 6.85. The van der Waals surface area contributed by atoms with Crippen LogP contribution in [-0.4, -0.2) is 24.7 Å². The first-order valence-electron chi connectivity index (χ1n) is 9.28. The molecule has 0 radical (unpaired) electrons. The predicted molar refractivity (Wildman–Crippen MR) is 123 cm³/mol. The van der Waals surface area contributed by atoms with Crippen molar-refractivity contribution in [3.63, 3.8) is 0 Å². The van der Waals surface area contributed by atoms with Crippen molar-refractivity contribution in [2.75, 3.05) is 18.2 Å². The number of allylic oxidation sites excluding steroid dienone is 1. The van der Waals surface area contributed by atoms with Crippen LogP contribution in [0.3, 0.4) is 0 Å². The number of ether oxygens (including phenoxy) is 1. The Balaban J connectivity index is 1.79. The van der Waals surface area contributed by atoms with Gasteiger partial charge in [-0.1, -0.05) is 47.1 Å². The van der Waals surface area contributed by atoms with Crippen molar-refractivity contribution >= 4 is 52.5 Å². The van der Waals surface area contributed by atoms with E-state index in [0.29, 0.717) is 32.1 Å². The number of amides is 2. The average molecular weight is 476 g/mol. The molecule has 9 heteroatoms. The molecular weight excluding hydrogens is 457 g/mol. The molecule has 160 valence electrons. The van der Waals surface area contributed by atoms with Crippen molar-refractivity contribution in [2.45, 2.75) is 19.3 Å². The highest BCUT2D eigenvalue weighted by atomic mass is 35.5. The largest absolute Gasteiger partial charge is 0.495 e. The molecule has 2 N–H and O–H groups in total. The average Bonchev–Trinajstić information content (AvgIpc) is 2.74. The summed E-state index contributed by atoms with van der Waals surface area (Å²) < 4.78 is 5.17. The van der Waals surface area contributed by atoms with Crippen molar-refractivity contribution in [2.24, 2.45) is 0 Å². The number of aryl methyl sites for hydroxylation is 1. The third-order valence-corrected chi connectivity index (χ3v) is 6.30. The monoisotopic (exact) mass is 475 g/mol. The van der Waals surface area contributed by atoms with E-state index in [2.05, 4.69) is 16.7 Å². The van der Waals surface area contributed by atoms with Crippen LogP contribution in [0.4, 0.5) is 5.69 Å². The highest BCUT2D eigenvalue weighted by Gasteiger charge is 2.30. The van der Waals surface area contributed by atoms with Crippen LogP contribution in [0.1, 0.15) is 23.5 Å². The molecule has 1 aliphatic heterocycles. The van der Waals surface area contributed by atoms with Crippen LogP contribution < -0.4 is 15.4 Å². The first kappa shape index (κ1) is 23.0. The number of benzene rings is 2. The third-order valence-electron chi connectivity index (χ3n) is 4.76. The molecule has 0 bridgehead atoms. The maximum Gasteiger partial charge on any atom is 0.234 e. The normalized spacial score (nSPS) is 15.8. The van der Waals surface area contributed by atoms with E-state index in [9.17, 15) is 14.9 Å². The predicted octanol–water partition coefficient (Wildman–Crippen LogP) is 5.02. The van der Waals surface area contributed by atoms with Crippen molar-refractivity contribution in [1.82, 2.24) is 5.32 Å². The van der Waals surface area contributed by atoms with Crippen molar-refractivity contribution in [3.8, 4) is 11.8 Å². The van der Waals surface area contributed by atoms with Gasteiger partial charge in [-0.3, -0.25) is 9.59 Å². The molecule has 1 atom stereocenters. The van der Waals surface area contributed by atoms with Gasteiger partial charge < -0.3 is 15.4 Å². The summed E-state index contributed by atoms with van der Waals surface area (Å²) >= 11 is 13.3. The molecule has 3 rings (SSSR count). The van der Waals surface area contributed by atoms with Crippen molar-refractivity contribution in [3.05, 3.63) is 68.2 Å². The van der Waals surface area contributed by atoms with Gasteiger partial charge in [-0.15, -0.1) is 0 Å². The number of thioether (sulfide) groups is 1. The molecule has 1 heterocycles. The van der Waals surface area contributed by atoms with Gasteiger partial charge in [-0.05, 0) is 42.3 Å². The van der Waals surface area contributed by atoms with Gasteiger partial charge in [0, 0.05) is 23.0 Å². The molecule has 2 aromatic rings. The molecule has 2 amide bonds. The van der Waals surface area contributed by atoms with E-state index in [4.69, 9.17) is 27.9 Å². The van der Waals surface area contributed by atoms with Crippen LogP contribution in [0, 0.1) is 18.3 Å². The first-order chi connectivity index (χ1) is 14.8. The fourth-order valence-corrected chi connectivity index (χ4v) is 4.49. The van der Waals surface area contributed by atoms with Gasteiger partial charge in [0.05, 0.1) is 34.6 Å². The van der Waals surface area contributed by atoms with Gasteiger partial charge in [0.25, 0.3) is 0 Å². The lowest BCUT2D eigenvalue weighted by Crippen LogP contribution is -2.31. The molecule has 2 aromatic carbocycles. The Morgan fingerprint density at radius 3 is 2.77 bits per heavy atom. The Morgan fingerprint density at radius 1 is 1.32 bits per heavy atom. The number of carbonyl (C=O) groups is 2. The number of rotatable bonds is 6. The molecule has 0 aliphatic carbocycles. The summed E-state index contributed by atoms with van der Waals surface area (Å²) in [6, 6.07) is 12.6. The number of methoxy groups -OCH3 is 1. The summed E-state index contributed by atoms with van der Waals surface area (Å²) in [5, 5.41) is 16.6. The second-order valence-corrected chi connectivity index (χ2v) is 8.68. The zero-order valence-corrected chi connectivity index (χ0v) is 19.1. The van der Waals surface area contributed by atoms with Crippen LogP contribution >= 0.6 is 35.0 Å². The topological polar surface area (TPSA) is 91.2 Å². The SMILES string of the molecule is COc1ccc([C@H]2CC(=O)NC(SCC(=O)Nc3cc(Cl)ccc3C)=C2C#N)cc1Cl. The zero-order chi connectivity index (χ0) is 22.5. The summed E-state index contributed by atoms with van der Waals surface area (Å²) in [5.41, 5.74) is 2.61. The van der Waals surface area contributed by atoms with E-state index in [1.807, 2.05) is 13.0 Å². The summed E-state index contributed by atoms with van der Waals surface area (Å²) in [4.78, 5) is 24.7. The number of nitrogens with zero attached hydrogens (tertiary/aromatic N) is 1. The fourth-order valence-electron chi connectivity index (χ4n) is 3.17. The third kappa shape index (κ3) is 5.53. The minimum Gasteiger partial charge on any atom is -0.495 e. The number of hydrogen-bond acceptors (Lipinski definition) is 5. The van der Waals surface area contributed by atoms with E-state index >= 15 is 0 Å². The number of nitriles is 1. The van der Waals surface area contributed by atoms with E-state index in [-0.39, 0.29) is 24.0 Å². The van der Waals surface area contributed by atoms with Crippen LogP contribution in [0.25, 0.3) is 0 Å². The van der Waals surface area contributed by atoms with Crippen LogP contribution in [0.15, 0.2) is 47.0 Å². The summed E-state index contributed by atoms with van der Waals surface area (Å²) in [5.74, 6) is -0.435. The van der Waals surface area contributed by atoms with Gasteiger partial charge in [-0.2, -0.15) is 5.26 Å². The summed E-state index contributed by atoms with van der Waals surface area (Å²) in [7, 11) is 1.51. The molecule has 0 spiro atoms. The molecular formula is C22H19Cl2N3O3S.